The third kappa shape index (κ3) is 4.84. The minimum absolute atomic E-state index is 0.0694. The van der Waals surface area contributed by atoms with Crippen LogP contribution in [0.1, 0.15) is 76.3 Å². The van der Waals surface area contributed by atoms with Crippen molar-refractivity contribution in [1.82, 2.24) is 24.6 Å². The van der Waals surface area contributed by atoms with Crippen molar-refractivity contribution in [2.24, 2.45) is 0 Å². The van der Waals surface area contributed by atoms with E-state index in [1.165, 1.54) is 35.6 Å². The minimum Gasteiger partial charge on any atom is -0.361 e. The number of aryl methyl sites for hydroxylation is 2. The molecule has 2 fully saturated rings. The van der Waals surface area contributed by atoms with Crippen molar-refractivity contribution >= 4 is 22.2 Å². The van der Waals surface area contributed by atoms with Crippen molar-refractivity contribution in [3.05, 3.63) is 67.7 Å². The highest BCUT2D eigenvalue weighted by Crippen LogP contribution is 2.42. The molecule has 208 valence electrons. The largest absolute Gasteiger partial charge is 0.361 e. The number of rotatable bonds is 7. The summed E-state index contributed by atoms with van der Waals surface area (Å²) in [6.45, 7) is 12.4. The molecule has 9 heteroatoms. The van der Waals surface area contributed by atoms with Crippen LogP contribution in [-0.4, -0.2) is 68.7 Å². The number of pyridine rings is 1. The lowest BCUT2D eigenvalue weighted by molar-refractivity contribution is 0.0334. The average Bonchev–Trinajstić information content (AvgIpc) is 3.52. The monoisotopic (exact) mass is 548 g/mol. The quantitative estimate of drug-likeness (QED) is 0.472. The van der Waals surface area contributed by atoms with Crippen LogP contribution in [-0.2, 0) is 13.0 Å². The molecule has 1 N–H and O–H groups in total. The molecule has 0 bridgehead atoms. The second-order valence-electron chi connectivity index (χ2n) is 11.6. The third-order valence-corrected chi connectivity index (χ3v) is 10.6. The van der Waals surface area contributed by atoms with Crippen molar-refractivity contribution in [2.45, 2.75) is 84.5 Å². The Kier molecular flexibility index (Phi) is 7.14. The van der Waals surface area contributed by atoms with Gasteiger partial charge in [-0.05, 0) is 76.6 Å². The van der Waals surface area contributed by atoms with Crippen LogP contribution in [0.2, 0.25) is 0 Å². The van der Waals surface area contributed by atoms with E-state index in [2.05, 4.69) is 44.6 Å². The Balaban J connectivity index is 1.12. The summed E-state index contributed by atoms with van der Waals surface area (Å²) < 4.78 is 2.10. The number of H-pyrrole nitrogens is 1. The van der Waals surface area contributed by atoms with E-state index in [1.807, 2.05) is 48.4 Å². The van der Waals surface area contributed by atoms with Gasteiger partial charge in [-0.25, -0.2) is 0 Å². The predicted molar refractivity (Wildman–Crippen MR) is 156 cm³/mol. The number of likely N-dealkylation sites (tertiary alicyclic amines) is 1. The van der Waals surface area contributed by atoms with E-state index in [0.717, 1.165) is 48.4 Å². The van der Waals surface area contributed by atoms with Gasteiger partial charge in [-0.1, -0.05) is 0 Å². The van der Waals surface area contributed by atoms with E-state index >= 15 is 0 Å². The molecule has 0 radical (unpaired) electrons. The number of carbonyl (C=O) groups is 1. The molecule has 1 amide bonds. The molecular weight excluding hydrogens is 508 g/mol. The van der Waals surface area contributed by atoms with Crippen molar-refractivity contribution in [2.75, 3.05) is 31.1 Å². The summed E-state index contributed by atoms with van der Waals surface area (Å²) in [4.78, 5) is 37.5. The second-order valence-corrected chi connectivity index (χ2v) is 12.7. The molecule has 0 aromatic carbocycles. The summed E-state index contributed by atoms with van der Waals surface area (Å²) >= 11 is 1.82. The molecule has 0 unspecified atom stereocenters. The summed E-state index contributed by atoms with van der Waals surface area (Å²) in [5.74, 6) is 0.0694. The Morgan fingerprint density at radius 3 is 2.54 bits per heavy atom. The summed E-state index contributed by atoms with van der Waals surface area (Å²) in [6.07, 6.45) is 9.65. The Bertz CT molecular complexity index is 1400. The van der Waals surface area contributed by atoms with Gasteiger partial charge in [-0.3, -0.25) is 19.2 Å². The Hall–Kier alpha value is -2.91. The molecule has 2 aliphatic heterocycles. The van der Waals surface area contributed by atoms with E-state index < -0.39 is 0 Å². The van der Waals surface area contributed by atoms with E-state index in [4.69, 9.17) is 0 Å². The number of nitrogens with one attached hydrogen (secondary N) is 1. The number of carbonyl (C=O) groups excluding carboxylic acids is 1. The summed E-state index contributed by atoms with van der Waals surface area (Å²) in [5.41, 5.74) is 4.39. The maximum absolute atomic E-state index is 13.7. The molecule has 5 heterocycles. The number of thiophene rings is 1. The van der Waals surface area contributed by atoms with Gasteiger partial charge in [-0.15, -0.1) is 11.3 Å². The van der Waals surface area contributed by atoms with Crippen LogP contribution in [0.4, 0.5) is 5.00 Å². The van der Waals surface area contributed by atoms with Crippen LogP contribution in [0.5, 0.6) is 0 Å². The fourth-order valence-electron chi connectivity index (χ4n) is 6.96. The molecule has 1 saturated heterocycles. The zero-order valence-corrected chi connectivity index (χ0v) is 24.4. The lowest BCUT2D eigenvalue weighted by Crippen LogP contribution is -2.54. The summed E-state index contributed by atoms with van der Waals surface area (Å²) in [6, 6.07) is 5.71. The molecule has 3 aromatic rings. The number of hydrogen-bond acceptors (Lipinski definition) is 6. The van der Waals surface area contributed by atoms with Gasteiger partial charge in [0.15, 0.2) is 0 Å². The van der Waals surface area contributed by atoms with Gasteiger partial charge in [0.25, 0.3) is 11.5 Å². The van der Waals surface area contributed by atoms with E-state index in [-0.39, 0.29) is 11.5 Å². The number of nitrogens with zero attached hydrogens (tertiary/aromatic N) is 5. The summed E-state index contributed by atoms with van der Waals surface area (Å²) in [5, 5.41) is 5.69. The van der Waals surface area contributed by atoms with Crippen LogP contribution in [0.3, 0.4) is 0 Å². The first-order chi connectivity index (χ1) is 18.8. The van der Waals surface area contributed by atoms with Crippen LogP contribution in [0.15, 0.2) is 29.3 Å². The first kappa shape index (κ1) is 26.3. The number of aromatic nitrogens is 3. The highest BCUT2D eigenvalue weighted by Gasteiger charge is 2.38. The van der Waals surface area contributed by atoms with Crippen molar-refractivity contribution < 1.29 is 4.79 Å². The zero-order chi connectivity index (χ0) is 27.3. The SMILES string of the molecule is CCN(c1sc2c(c1C)C(=O)N(Cc1c(C)cc(C)[nH]c1=O)CC2)C1CCC(N2CC(n3cccn3)C2)CC1. The molecule has 0 spiro atoms. The van der Waals surface area contributed by atoms with Gasteiger partial charge in [0.2, 0.25) is 0 Å². The van der Waals surface area contributed by atoms with Gasteiger partial charge >= 0.3 is 0 Å². The highest BCUT2D eigenvalue weighted by atomic mass is 32.1. The Morgan fingerprint density at radius 1 is 1.10 bits per heavy atom. The molecule has 8 nitrogen and oxygen atoms in total. The molecule has 6 rings (SSSR count). The van der Waals surface area contributed by atoms with Crippen LogP contribution < -0.4 is 10.5 Å². The molecule has 1 saturated carbocycles. The van der Waals surface area contributed by atoms with Crippen LogP contribution >= 0.6 is 11.3 Å². The van der Waals surface area contributed by atoms with E-state index in [0.29, 0.717) is 36.8 Å². The normalized spacial score (nSPS) is 22.2. The molecule has 1 aliphatic carbocycles. The van der Waals surface area contributed by atoms with Crippen molar-refractivity contribution in [1.29, 1.82) is 0 Å². The molecule has 3 aromatic heterocycles. The Morgan fingerprint density at radius 2 is 1.87 bits per heavy atom. The number of anilines is 1. The fraction of sp³-hybridized carbons (Fsp3) is 0.567. The van der Waals surface area contributed by atoms with Crippen molar-refractivity contribution in [3.8, 4) is 0 Å². The first-order valence-electron chi connectivity index (χ1n) is 14.4. The van der Waals surface area contributed by atoms with E-state index in [1.54, 1.807) is 0 Å². The number of fused-ring (bicyclic) bond motifs is 1. The third-order valence-electron chi connectivity index (χ3n) is 9.16. The van der Waals surface area contributed by atoms with Gasteiger partial charge in [0, 0.05) is 73.2 Å². The summed E-state index contributed by atoms with van der Waals surface area (Å²) in [7, 11) is 0. The molecule has 39 heavy (non-hydrogen) atoms. The van der Waals surface area contributed by atoms with Crippen LogP contribution in [0, 0.1) is 20.8 Å². The van der Waals surface area contributed by atoms with Gasteiger partial charge in [-0.2, -0.15) is 5.10 Å². The maximum atomic E-state index is 13.7. The first-order valence-corrected chi connectivity index (χ1v) is 15.3. The van der Waals surface area contributed by atoms with Gasteiger partial charge < -0.3 is 14.8 Å². The predicted octanol–water partition coefficient (Wildman–Crippen LogP) is 4.45. The van der Waals surface area contributed by atoms with Gasteiger partial charge in [0.1, 0.15) is 0 Å². The highest BCUT2D eigenvalue weighted by molar-refractivity contribution is 7.16. The van der Waals surface area contributed by atoms with Crippen LogP contribution in [0.25, 0.3) is 0 Å². The number of amides is 1. The lowest BCUT2D eigenvalue weighted by atomic mass is 9.87. The minimum atomic E-state index is -0.0864. The lowest BCUT2D eigenvalue weighted by Gasteiger charge is -2.47. The topological polar surface area (TPSA) is 77.5 Å². The van der Waals surface area contributed by atoms with E-state index in [9.17, 15) is 9.59 Å². The molecule has 0 atom stereocenters. The number of aromatic amines is 1. The maximum Gasteiger partial charge on any atom is 0.255 e. The smallest absolute Gasteiger partial charge is 0.255 e. The molecule has 3 aliphatic rings. The zero-order valence-electron chi connectivity index (χ0n) is 23.6. The van der Waals surface area contributed by atoms with Gasteiger partial charge in [0.05, 0.1) is 23.2 Å². The standard InChI is InChI=1S/C30H40N6O2S/c1-5-35(23-9-7-22(8-10-23)34-16-24(17-34)36-13-6-12-31-36)30-21(4)27-26(39-30)11-14-33(29(27)38)18-25-19(2)15-20(3)32-28(25)37/h6,12-13,15,22-24H,5,7-11,14,16-18H2,1-4H3,(H,32,37). The Labute approximate surface area is 234 Å². The average molecular weight is 549 g/mol. The second kappa shape index (κ2) is 10.6. The fourth-order valence-corrected chi connectivity index (χ4v) is 8.38. The molecular formula is C30H40N6O2S. The van der Waals surface area contributed by atoms with Crippen molar-refractivity contribution in [3.63, 3.8) is 0 Å². The number of hydrogen-bond donors (Lipinski definition) is 1.